The summed E-state index contributed by atoms with van der Waals surface area (Å²) in [6.45, 7) is 2.40. The Balaban J connectivity index is 2.19. The molecule has 1 N–H and O–H groups in total. The molecule has 1 aromatic heterocycles. The molecule has 0 aliphatic heterocycles. The lowest BCUT2D eigenvalue weighted by molar-refractivity contribution is -0.132. The third-order valence-electron chi connectivity index (χ3n) is 3.20. The van der Waals surface area contributed by atoms with Gasteiger partial charge >= 0.3 is 5.97 Å². The van der Waals surface area contributed by atoms with Crippen LogP contribution in [0, 0.1) is 0 Å². The van der Waals surface area contributed by atoms with Gasteiger partial charge in [-0.1, -0.05) is 0 Å². The fraction of sp³-hybridized carbons (Fsp3) is 0.462. The lowest BCUT2D eigenvalue weighted by atomic mass is 10.3. The third kappa shape index (κ3) is 2.83. The van der Waals surface area contributed by atoms with Crippen molar-refractivity contribution in [1.29, 1.82) is 0 Å². The summed E-state index contributed by atoms with van der Waals surface area (Å²) in [6.07, 6.45) is 3.45. The molecular weight excluding hydrogens is 248 g/mol. The predicted molar refractivity (Wildman–Crippen MR) is 68.1 cm³/mol. The van der Waals surface area contributed by atoms with Crippen LogP contribution in [0.4, 0.5) is 0 Å². The smallest absolute Gasteiger partial charge is 0.341 e. The van der Waals surface area contributed by atoms with Crippen molar-refractivity contribution in [2.24, 2.45) is 0 Å². The van der Waals surface area contributed by atoms with Gasteiger partial charge in [0.2, 0.25) is 5.91 Å². The molecular formula is C13H16N2O4. The van der Waals surface area contributed by atoms with E-state index in [1.165, 1.54) is 18.3 Å². The average molecular weight is 264 g/mol. The predicted octanol–water partition coefficient (Wildman–Crippen LogP) is 0.557. The Morgan fingerprint density at radius 3 is 2.68 bits per heavy atom. The van der Waals surface area contributed by atoms with E-state index in [4.69, 9.17) is 5.11 Å². The quantitative estimate of drug-likeness (QED) is 0.842. The highest BCUT2D eigenvalue weighted by Crippen LogP contribution is 2.26. The first-order chi connectivity index (χ1) is 9.04. The molecule has 19 heavy (non-hydrogen) atoms. The van der Waals surface area contributed by atoms with Crippen molar-refractivity contribution in [2.45, 2.75) is 32.4 Å². The van der Waals surface area contributed by atoms with E-state index in [0.717, 1.165) is 17.4 Å². The van der Waals surface area contributed by atoms with E-state index >= 15 is 0 Å². The van der Waals surface area contributed by atoms with Gasteiger partial charge in [-0.25, -0.2) is 4.79 Å². The zero-order valence-electron chi connectivity index (χ0n) is 10.7. The Kier molecular flexibility index (Phi) is 3.69. The van der Waals surface area contributed by atoms with Crippen molar-refractivity contribution >= 4 is 11.9 Å². The van der Waals surface area contributed by atoms with Crippen LogP contribution in [0.3, 0.4) is 0 Å². The van der Waals surface area contributed by atoms with E-state index in [1.807, 2.05) is 6.92 Å². The lowest BCUT2D eigenvalue weighted by Gasteiger charge is -2.20. The summed E-state index contributed by atoms with van der Waals surface area (Å²) in [5.74, 6) is -1.42. The molecule has 6 nitrogen and oxygen atoms in total. The number of carbonyl (C=O) groups is 2. The SMILES string of the molecule is CCN(C(=O)Cn1cccc(C(=O)O)c1=O)C1CC1. The molecule has 0 saturated heterocycles. The Morgan fingerprint density at radius 2 is 2.16 bits per heavy atom. The number of rotatable bonds is 5. The van der Waals surface area contributed by atoms with Crippen molar-refractivity contribution in [3.63, 3.8) is 0 Å². The molecule has 0 aromatic carbocycles. The fourth-order valence-corrected chi connectivity index (χ4v) is 2.09. The van der Waals surface area contributed by atoms with Crippen molar-refractivity contribution in [3.05, 3.63) is 34.2 Å². The summed E-state index contributed by atoms with van der Waals surface area (Å²) in [6, 6.07) is 2.99. The van der Waals surface area contributed by atoms with Gasteiger partial charge < -0.3 is 14.6 Å². The minimum atomic E-state index is -1.28. The number of aromatic nitrogens is 1. The topological polar surface area (TPSA) is 79.6 Å². The molecule has 0 atom stereocenters. The number of amides is 1. The van der Waals surface area contributed by atoms with Crippen LogP contribution >= 0.6 is 0 Å². The second kappa shape index (κ2) is 5.26. The van der Waals surface area contributed by atoms with Crippen LogP contribution in [0.1, 0.15) is 30.1 Å². The maximum atomic E-state index is 12.1. The summed E-state index contributed by atoms with van der Waals surface area (Å²) in [5.41, 5.74) is -0.958. The molecule has 1 aromatic rings. The first-order valence-corrected chi connectivity index (χ1v) is 6.26. The summed E-state index contributed by atoms with van der Waals surface area (Å²) >= 11 is 0. The molecule has 6 heteroatoms. The van der Waals surface area contributed by atoms with Gasteiger partial charge in [-0.2, -0.15) is 0 Å². The Labute approximate surface area is 110 Å². The Hall–Kier alpha value is -2.11. The molecule has 1 aliphatic rings. The number of carbonyl (C=O) groups excluding carboxylic acids is 1. The second-order valence-electron chi connectivity index (χ2n) is 4.57. The zero-order valence-corrected chi connectivity index (χ0v) is 10.7. The van der Waals surface area contributed by atoms with Gasteiger partial charge in [0.25, 0.3) is 5.56 Å². The van der Waals surface area contributed by atoms with E-state index in [2.05, 4.69) is 0 Å². The molecule has 0 unspecified atom stereocenters. The van der Waals surface area contributed by atoms with Crippen LogP contribution in [0.25, 0.3) is 0 Å². The highest BCUT2D eigenvalue weighted by Gasteiger charge is 2.31. The monoisotopic (exact) mass is 264 g/mol. The second-order valence-corrected chi connectivity index (χ2v) is 4.57. The maximum Gasteiger partial charge on any atom is 0.341 e. The molecule has 1 heterocycles. The standard InChI is InChI=1S/C13H16N2O4/c1-2-15(9-5-6-9)11(16)8-14-7-3-4-10(12(14)17)13(18)19/h3-4,7,9H,2,5-6,8H2,1H3,(H,18,19). The normalized spacial score (nSPS) is 14.2. The van der Waals surface area contributed by atoms with Crippen LogP contribution in [-0.2, 0) is 11.3 Å². The van der Waals surface area contributed by atoms with Gasteiger partial charge in [-0.3, -0.25) is 9.59 Å². The van der Waals surface area contributed by atoms with Crippen LogP contribution in [0.15, 0.2) is 23.1 Å². The average Bonchev–Trinajstić information content (AvgIpc) is 3.17. The number of nitrogens with zero attached hydrogens (tertiary/aromatic N) is 2. The molecule has 1 aliphatic carbocycles. The Bertz CT molecular complexity index is 560. The molecule has 2 rings (SSSR count). The molecule has 1 saturated carbocycles. The number of carboxylic acids is 1. The van der Waals surface area contributed by atoms with Gasteiger partial charge in [-0.05, 0) is 31.9 Å². The first kappa shape index (κ1) is 13.3. The number of pyridine rings is 1. The summed E-state index contributed by atoms with van der Waals surface area (Å²) in [7, 11) is 0. The van der Waals surface area contributed by atoms with Crippen LogP contribution < -0.4 is 5.56 Å². The molecule has 102 valence electrons. The van der Waals surface area contributed by atoms with Crippen molar-refractivity contribution in [2.75, 3.05) is 6.54 Å². The molecule has 0 spiro atoms. The fourth-order valence-electron chi connectivity index (χ4n) is 2.09. The minimum absolute atomic E-state index is 0.107. The third-order valence-corrected chi connectivity index (χ3v) is 3.20. The van der Waals surface area contributed by atoms with Crippen molar-refractivity contribution < 1.29 is 14.7 Å². The number of hydrogen-bond donors (Lipinski definition) is 1. The minimum Gasteiger partial charge on any atom is -0.477 e. The largest absolute Gasteiger partial charge is 0.477 e. The van der Waals surface area contributed by atoms with Gasteiger partial charge in [0.15, 0.2) is 0 Å². The highest BCUT2D eigenvalue weighted by molar-refractivity contribution is 5.87. The van der Waals surface area contributed by atoms with E-state index in [0.29, 0.717) is 6.54 Å². The van der Waals surface area contributed by atoms with Gasteiger partial charge in [0.1, 0.15) is 12.1 Å². The summed E-state index contributed by atoms with van der Waals surface area (Å²) < 4.78 is 1.15. The van der Waals surface area contributed by atoms with E-state index in [9.17, 15) is 14.4 Å². The lowest BCUT2D eigenvalue weighted by Crippen LogP contribution is -2.38. The van der Waals surface area contributed by atoms with Gasteiger partial charge in [0, 0.05) is 18.8 Å². The molecule has 0 bridgehead atoms. The van der Waals surface area contributed by atoms with Crippen LogP contribution in [0.5, 0.6) is 0 Å². The van der Waals surface area contributed by atoms with E-state index in [-0.39, 0.29) is 24.1 Å². The van der Waals surface area contributed by atoms with Gasteiger partial charge in [0.05, 0.1) is 0 Å². The first-order valence-electron chi connectivity index (χ1n) is 6.26. The van der Waals surface area contributed by atoms with Crippen molar-refractivity contribution in [1.82, 2.24) is 9.47 Å². The van der Waals surface area contributed by atoms with Crippen molar-refractivity contribution in [3.8, 4) is 0 Å². The zero-order chi connectivity index (χ0) is 14.0. The molecule has 0 radical (unpaired) electrons. The number of carboxylic acid groups (broad SMARTS) is 1. The van der Waals surface area contributed by atoms with E-state index in [1.54, 1.807) is 4.90 Å². The molecule has 1 amide bonds. The number of aromatic carboxylic acids is 1. The maximum absolute atomic E-state index is 12.1. The van der Waals surface area contributed by atoms with E-state index < -0.39 is 11.5 Å². The Morgan fingerprint density at radius 1 is 1.47 bits per heavy atom. The summed E-state index contributed by atoms with van der Waals surface area (Å²) in [4.78, 5) is 36.5. The van der Waals surface area contributed by atoms with Crippen LogP contribution in [0.2, 0.25) is 0 Å². The van der Waals surface area contributed by atoms with Crippen LogP contribution in [-0.4, -0.2) is 39.0 Å². The molecule has 1 fully saturated rings. The summed E-state index contributed by atoms with van der Waals surface area (Å²) in [5, 5.41) is 8.87. The number of hydrogen-bond acceptors (Lipinski definition) is 3. The van der Waals surface area contributed by atoms with Gasteiger partial charge in [-0.15, -0.1) is 0 Å². The number of likely N-dealkylation sites (N-methyl/N-ethyl adjacent to an activating group) is 1. The highest BCUT2D eigenvalue weighted by atomic mass is 16.4.